The standard InChI is InChI=1S/C9H21NO/c1-5-8-9(11-7-3)10(4)6-2/h9H,5-8H2,1-4H3. The lowest BCUT2D eigenvalue weighted by Crippen LogP contribution is -2.33. The molecule has 0 aliphatic rings. The molecule has 0 bridgehead atoms. The van der Waals surface area contributed by atoms with Gasteiger partial charge in [0, 0.05) is 6.61 Å². The summed E-state index contributed by atoms with van der Waals surface area (Å²) in [6.07, 6.45) is 2.66. The maximum absolute atomic E-state index is 5.56. The third kappa shape index (κ3) is 4.38. The molecule has 0 aliphatic heterocycles. The molecule has 2 nitrogen and oxygen atoms in total. The first-order chi connectivity index (χ1) is 5.26. The smallest absolute Gasteiger partial charge is 0.110 e. The van der Waals surface area contributed by atoms with Crippen LogP contribution in [0.5, 0.6) is 0 Å². The third-order valence-corrected chi connectivity index (χ3v) is 1.89. The molecule has 1 atom stereocenters. The third-order valence-electron chi connectivity index (χ3n) is 1.89. The Balaban J connectivity index is 3.66. The van der Waals surface area contributed by atoms with Crippen LogP contribution in [0.15, 0.2) is 0 Å². The molecule has 1 unspecified atom stereocenters. The molecule has 2 heteroatoms. The molecule has 11 heavy (non-hydrogen) atoms. The Morgan fingerprint density at radius 1 is 1.27 bits per heavy atom. The van der Waals surface area contributed by atoms with Crippen LogP contribution in [0.3, 0.4) is 0 Å². The molecule has 0 amide bonds. The Kier molecular flexibility index (Phi) is 6.57. The van der Waals surface area contributed by atoms with Gasteiger partial charge in [-0.25, -0.2) is 0 Å². The van der Waals surface area contributed by atoms with Gasteiger partial charge in [0.15, 0.2) is 0 Å². The Morgan fingerprint density at radius 2 is 1.91 bits per heavy atom. The van der Waals surface area contributed by atoms with Crippen LogP contribution in [0.4, 0.5) is 0 Å². The second kappa shape index (κ2) is 6.62. The summed E-state index contributed by atoms with van der Waals surface area (Å²) >= 11 is 0. The van der Waals surface area contributed by atoms with E-state index in [2.05, 4.69) is 25.8 Å². The predicted octanol–water partition coefficient (Wildman–Crippen LogP) is 2.10. The van der Waals surface area contributed by atoms with Crippen molar-refractivity contribution < 1.29 is 4.74 Å². The average Bonchev–Trinajstić information content (AvgIpc) is 2.03. The van der Waals surface area contributed by atoms with Gasteiger partial charge in [-0.2, -0.15) is 0 Å². The number of rotatable bonds is 6. The van der Waals surface area contributed by atoms with Gasteiger partial charge in [0.2, 0.25) is 0 Å². The van der Waals surface area contributed by atoms with E-state index in [1.807, 2.05) is 6.92 Å². The van der Waals surface area contributed by atoms with Gasteiger partial charge < -0.3 is 4.74 Å². The summed E-state index contributed by atoms with van der Waals surface area (Å²) in [7, 11) is 2.11. The molecule has 0 fully saturated rings. The number of ether oxygens (including phenoxy) is 1. The second-order valence-corrected chi connectivity index (χ2v) is 2.77. The first kappa shape index (κ1) is 10.9. The summed E-state index contributed by atoms with van der Waals surface area (Å²) in [5, 5.41) is 0. The highest BCUT2D eigenvalue weighted by molar-refractivity contribution is 4.55. The van der Waals surface area contributed by atoms with E-state index in [4.69, 9.17) is 4.74 Å². The molecule has 0 rings (SSSR count). The van der Waals surface area contributed by atoms with E-state index in [0.717, 1.165) is 19.6 Å². The van der Waals surface area contributed by atoms with Crippen molar-refractivity contribution in [1.29, 1.82) is 0 Å². The normalized spacial score (nSPS) is 13.9. The minimum Gasteiger partial charge on any atom is -0.363 e. The maximum atomic E-state index is 5.56. The zero-order valence-electron chi connectivity index (χ0n) is 8.26. The highest BCUT2D eigenvalue weighted by Gasteiger charge is 2.10. The van der Waals surface area contributed by atoms with Crippen molar-refractivity contribution in [3.8, 4) is 0 Å². The summed E-state index contributed by atoms with van der Waals surface area (Å²) in [5.74, 6) is 0. The maximum Gasteiger partial charge on any atom is 0.110 e. The fourth-order valence-electron chi connectivity index (χ4n) is 1.07. The molecule has 0 radical (unpaired) electrons. The van der Waals surface area contributed by atoms with Gasteiger partial charge in [0.1, 0.15) is 6.23 Å². The predicted molar refractivity (Wildman–Crippen MR) is 48.6 cm³/mol. The fraction of sp³-hybridized carbons (Fsp3) is 1.00. The summed E-state index contributed by atoms with van der Waals surface area (Å²) in [5.41, 5.74) is 0. The molecule has 0 saturated heterocycles. The molecule has 0 aromatic heterocycles. The van der Waals surface area contributed by atoms with Gasteiger partial charge in [0.25, 0.3) is 0 Å². The Morgan fingerprint density at radius 3 is 2.27 bits per heavy atom. The minimum absolute atomic E-state index is 0.329. The SMILES string of the molecule is CCCC(OCC)N(C)CC. The van der Waals surface area contributed by atoms with Gasteiger partial charge in [-0.15, -0.1) is 0 Å². The molecule has 0 aromatic carbocycles. The van der Waals surface area contributed by atoms with E-state index in [0.29, 0.717) is 6.23 Å². The quantitative estimate of drug-likeness (QED) is 0.550. The van der Waals surface area contributed by atoms with Crippen molar-refractivity contribution in [2.45, 2.75) is 39.8 Å². The van der Waals surface area contributed by atoms with Crippen LogP contribution in [0, 0.1) is 0 Å². The Hall–Kier alpha value is -0.0800. The molecule has 0 heterocycles. The summed E-state index contributed by atoms with van der Waals surface area (Å²) in [6, 6.07) is 0. The van der Waals surface area contributed by atoms with Crippen LogP contribution in [-0.4, -0.2) is 31.3 Å². The van der Waals surface area contributed by atoms with Crippen LogP contribution in [-0.2, 0) is 4.74 Å². The zero-order chi connectivity index (χ0) is 8.69. The van der Waals surface area contributed by atoms with Gasteiger partial charge in [-0.3, -0.25) is 4.90 Å². The minimum atomic E-state index is 0.329. The lowest BCUT2D eigenvalue weighted by atomic mass is 10.3. The zero-order valence-corrected chi connectivity index (χ0v) is 8.26. The first-order valence-corrected chi connectivity index (χ1v) is 4.58. The monoisotopic (exact) mass is 159 g/mol. The molecular formula is C9H21NO. The Bertz CT molecular complexity index is 79.6. The first-order valence-electron chi connectivity index (χ1n) is 4.58. The van der Waals surface area contributed by atoms with Crippen molar-refractivity contribution in [3.63, 3.8) is 0 Å². The van der Waals surface area contributed by atoms with Crippen LogP contribution < -0.4 is 0 Å². The fourth-order valence-corrected chi connectivity index (χ4v) is 1.07. The van der Waals surface area contributed by atoms with E-state index < -0.39 is 0 Å². The molecule has 0 saturated carbocycles. The van der Waals surface area contributed by atoms with E-state index in [9.17, 15) is 0 Å². The molecular weight excluding hydrogens is 138 g/mol. The van der Waals surface area contributed by atoms with E-state index in [-0.39, 0.29) is 0 Å². The van der Waals surface area contributed by atoms with Crippen LogP contribution in [0.1, 0.15) is 33.6 Å². The van der Waals surface area contributed by atoms with Gasteiger partial charge >= 0.3 is 0 Å². The van der Waals surface area contributed by atoms with Crippen molar-refractivity contribution in [2.75, 3.05) is 20.2 Å². The summed E-state index contributed by atoms with van der Waals surface area (Å²) in [6.45, 7) is 8.27. The van der Waals surface area contributed by atoms with E-state index >= 15 is 0 Å². The van der Waals surface area contributed by atoms with Crippen LogP contribution in [0.25, 0.3) is 0 Å². The van der Waals surface area contributed by atoms with Crippen LogP contribution >= 0.6 is 0 Å². The number of hydrogen-bond acceptors (Lipinski definition) is 2. The van der Waals surface area contributed by atoms with E-state index in [1.165, 1.54) is 6.42 Å². The number of nitrogens with zero attached hydrogens (tertiary/aromatic N) is 1. The van der Waals surface area contributed by atoms with E-state index in [1.54, 1.807) is 0 Å². The van der Waals surface area contributed by atoms with Crippen molar-refractivity contribution in [2.24, 2.45) is 0 Å². The summed E-state index contributed by atoms with van der Waals surface area (Å²) < 4.78 is 5.56. The Labute approximate surface area is 70.5 Å². The topological polar surface area (TPSA) is 12.5 Å². The highest BCUT2D eigenvalue weighted by Crippen LogP contribution is 2.05. The molecule has 0 aliphatic carbocycles. The van der Waals surface area contributed by atoms with Crippen molar-refractivity contribution in [3.05, 3.63) is 0 Å². The van der Waals surface area contributed by atoms with Crippen LogP contribution in [0.2, 0.25) is 0 Å². The van der Waals surface area contributed by atoms with Crippen molar-refractivity contribution in [1.82, 2.24) is 4.90 Å². The number of hydrogen-bond donors (Lipinski definition) is 0. The second-order valence-electron chi connectivity index (χ2n) is 2.77. The molecule has 0 aromatic rings. The summed E-state index contributed by atoms with van der Waals surface area (Å²) in [4.78, 5) is 2.24. The largest absolute Gasteiger partial charge is 0.363 e. The molecule has 0 N–H and O–H groups in total. The van der Waals surface area contributed by atoms with Gasteiger partial charge in [-0.1, -0.05) is 20.3 Å². The lowest BCUT2D eigenvalue weighted by Gasteiger charge is -2.25. The van der Waals surface area contributed by atoms with Crippen molar-refractivity contribution >= 4 is 0 Å². The highest BCUT2D eigenvalue weighted by atomic mass is 16.5. The average molecular weight is 159 g/mol. The molecule has 68 valence electrons. The lowest BCUT2D eigenvalue weighted by molar-refractivity contribution is -0.0448. The molecule has 0 spiro atoms. The van der Waals surface area contributed by atoms with Gasteiger partial charge in [0.05, 0.1) is 0 Å². The van der Waals surface area contributed by atoms with Gasteiger partial charge in [-0.05, 0) is 26.9 Å².